The van der Waals surface area contributed by atoms with Gasteiger partial charge in [0.15, 0.2) is 11.5 Å². The Morgan fingerprint density at radius 3 is 2.72 bits per heavy atom. The Balaban J connectivity index is 2.16. The number of aromatic hydroxyl groups is 2. The summed E-state index contributed by atoms with van der Waals surface area (Å²) < 4.78 is 5.02. The molecule has 6 nitrogen and oxygen atoms in total. The van der Waals surface area contributed by atoms with E-state index in [9.17, 15) is 10.2 Å². The number of nitrogens with zero attached hydrogens (tertiary/aromatic N) is 2. The van der Waals surface area contributed by atoms with Crippen molar-refractivity contribution in [2.24, 2.45) is 5.92 Å². The second-order valence-electron chi connectivity index (χ2n) is 4.40. The van der Waals surface area contributed by atoms with Crippen molar-refractivity contribution in [3.05, 3.63) is 18.2 Å². The maximum Gasteiger partial charge on any atom is 0.321 e. The summed E-state index contributed by atoms with van der Waals surface area (Å²) in [6.07, 6.45) is 0. The van der Waals surface area contributed by atoms with Crippen LogP contribution in [0.15, 0.2) is 22.7 Å². The van der Waals surface area contributed by atoms with E-state index in [1.165, 1.54) is 12.1 Å². The van der Waals surface area contributed by atoms with E-state index in [4.69, 9.17) is 4.52 Å². The summed E-state index contributed by atoms with van der Waals surface area (Å²) >= 11 is 0. The lowest BCUT2D eigenvalue weighted by molar-refractivity contribution is 0.403. The van der Waals surface area contributed by atoms with Crippen LogP contribution < -0.4 is 5.32 Å². The maximum absolute atomic E-state index is 9.39. The van der Waals surface area contributed by atoms with Crippen molar-refractivity contribution in [1.82, 2.24) is 10.1 Å². The topological polar surface area (TPSA) is 91.4 Å². The van der Waals surface area contributed by atoms with E-state index < -0.39 is 0 Å². The molecule has 2 rings (SSSR count). The zero-order valence-electron chi connectivity index (χ0n) is 10.2. The molecule has 2 aromatic rings. The Morgan fingerprint density at radius 1 is 1.28 bits per heavy atom. The molecule has 3 N–H and O–H groups in total. The average molecular weight is 249 g/mol. The molecular formula is C12H15N3O3. The van der Waals surface area contributed by atoms with Crippen molar-refractivity contribution in [3.63, 3.8) is 0 Å². The van der Waals surface area contributed by atoms with Gasteiger partial charge < -0.3 is 20.1 Å². The molecule has 1 aromatic heterocycles. The maximum atomic E-state index is 9.39. The monoisotopic (exact) mass is 249 g/mol. The number of anilines is 1. The van der Waals surface area contributed by atoms with Crippen molar-refractivity contribution in [3.8, 4) is 22.9 Å². The largest absolute Gasteiger partial charge is 0.504 e. The molecule has 0 saturated carbocycles. The van der Waals surface area contributed by atoms with Crippen molar-refractivity contribution in [2.75, 3.05) is 11.9 Å². The molecule has 96 valence electrons. The van der Waals surface area contributed by atoms with Crippen LogP contribution in [0.4, 0.5) is 6.01 Å². The molecule has 0 saturated heterocycles. The SMILES string of the molecule is CC(C)CNc1nc(-c2ccc(O)c(O)c2)no1. The smallest absolute Gasteiger partial charge is 0.321 e. The fraction of sp³-hybridized carbons (Fsp3) is 0.333. The van der Waals surface area contributed by atoms with Crippen LogP contribution in [-0.4, -0.2) is 26.9 Å². The number of hydrogen-bond acceptors (Lipinski definition) is 6. The highest BCUT2D eigenvalue weighted by molar-refractivity contribution is 5.60. The lowest BCUT2D eigenvalue weighted by Crippen LogP contribution is -2.07. The van der Waals surface area contributed by atoms with Crippen LogP contribution in [0.3, 0.4) is 0 Å². The van der Waals surface area contributed by atoms with Crippen LogP contribution in [0, 0.1) is 5.92 Å². The van der Waals surface area contributed by atoms with Gasteiger partial charge in [0.2, 0.25) is 5.82 Å². The first-order valence-corrected chi connectivity index (χ1v) is 5.66. The number of nitrogens with one attached hydrogen (secondary N) is 1. The molecule has 1 heterocycles. The summed E-state index contributed by atoms with van der Waals surface area (Å²) in [5, 5.41) is 25.4. The van der Waals surface area contributed by atoms with Crippen molar-refractivity contribution in [1.29, 1.82) is 0 Å². The van der Waals surface area contributed by atoms with Gasteiger partial charge in [-0.3, -0.25) is 0 Å². The molecule has 0 fully saturated rings. The quantitative estimate of drug-likeness (QED) is 0.719. The molecule has 0 atom stereocenters. The van der Waals surface area contributed by atoms with E-state index in [0.29, 0.717) is 23.3 Å². The van der Waals surface area contributed by atoms with Gasteiger partial charge in [-0.05, 0) is 24.1 Å². The van der Waals surface area contributed by atoms with Gasteiger partial charge in [0, 0.05) is 12.1 Å². The molecule has 0 aliphatic rings. The van der Waals surface area contributed by atoms with Crippen LogP contribution in [0.25, 0.3) is 11.4 Å². The third-order valence-electron chi connectivity index (χ3n) is 2.32. The zero-order valence-corrected chi connectivity index (χ0v) is 10.2. The van der Waals surface area contributed by atoms with E-state index in [1.54, 1.807) is 6.07 Å². The van der Waals surface area contributed by atoms with Gasteiger partial charge in [-0.25, -0.2) is 0 Å². The molecule has 0 unspecified atom stereocenters. The Bertz CT molecular complexity index is 537. The van der Waals surface area contributed by atoms with E-state index in [-0.39, 0.29) is 11.5 Å². The second kappa shape index (κ2) is 4.95. The summed E-state index contributed by atoms with van der Waals surface area (Å²) in [4.78, 5) is 4.14. The van der Waals surface area contributed by atoms with Crippen LogP contribution in [-0.2, 0) is 0 Å². The minimum absolute atomic E-state index is 0.180. The van der Waals surface area contributed by atoms with Gasteiger partial charge in [-0.1, -0.05) is 19.0 Å². The Hall–Kier alpha value is -2.24. The molecule has 6 heteroatoms. The molecule has 1 aromatic carbocycles. The number of phenols is 2. The van der Waals surface area contributed by atoms with Gasteiger partial charge in [0.1, 0.15) is 0 Å². The highest BCUT2D eigenvalue weighted by Gasteiger charge is 2.10. The second-order valence-corrected chi connectivity index (χ2v) is 4.40. The van der Waals surface area contributed by atoms with Gasteiger partial charge >= 0.3 is 6.01 Å². The first kappa shape index (κ1) is 12.2. The lowest BCUT2D eigenvalue weighted by Gasteiger charge is -2.02. The number of aromatic nitrogens is 2. The average Bonchev–Trinajstić information content (AvgIpc) is 2.79. The van der Waals surface area contributed by atoms with Gasteiger partial charge in [-0.2, -0.15) is 4.98 Å². The third-order valence-corrected chi connectivity index (χ3v) is 2.32. The number of rotatable bonds is 4. The fourth-order valence-electron chi connectivity index (χ4n) is 1.37. The Labute approximate surface area is 104 Å². The van der Waals surface area contributed by atoms with Crippen molar-refractivity contribution < 1.29 is 14.7 Å². The first-order valence-electron chi connectivity index (χ1n) is 5.66. The summed E-state index contributed by atoms with van der Waals surface area (Å²) in [6.45, 7) is 4.88. The first-order chi connectivity index (χ1) is 8.56. The van der Waals surface area contributed by atoms with Crippen LogP contribution in [0.1, 0.15) is 13.8 Å². The van der Waals surface area contributed by atoms with Crippen LogP contribution >= 0.6 is 0 Å². The van der Waals surface area contributed by atoms with E-state index in [1.807, 2.05) is 0 Å². The standard InChI is InChI=1S/C12H15N3O3/c1-7(2)6-13-12-14-11(15-18-12)8-3-4-9(16)10(17)5-8/h3-5,7,16-17H,6H2,1-2H3,(H,13,14,15). The van der Waals surface area contributed by atoms with Crippen LogP contribution in [0.2, 0.25) is 0 Å². The van der Waals surface area contributed by atoms with Gasteiger partial charge in [-0.15, -0.1) is 0 Å². The summed E-state index contributed by atoms with van der Waals surface area (Å²) in [6, 6.07) is 4.70. The molecule has 0 spiro atoms. The van der Waals surface area contributed by atoms with E-state index in [2.05, 4.69) is 29.3 Å². The van der Waals surface area contributed by atoms with Crippen molar-refractivity contribution >= 4 is 6.01 Å². The normalized spacial score (nSPS) is 10.8. The van der Waals surface area contributed by atoms with Gasteiger partial charge in [0.05, 0.1) is 0 Å². The summed E-state index contributed by atoms with van der Waals surface area (Å²) in [7, 11) is 0. The molecule has 0 amide bonds. The Kier molecular flexibility index (Phi) is 3.36. The van der Waals surface area contributed by atoms with Crippen LogP contribution in [0.5, 0.6) is 11.5 Å². The minimum atomic E-state index is -0.214. The Morgan fingerprint density at radius 2 is 2.06 bits per heavy atom. The summed E-state index contributed by atoms with van der Waals surface area (Å²) in [5.74, 6) is 0.434. The number of benzene rings is 1. The van der Waals surface area contributed by atoms with Gasteiger partial charge in [0.25, 0.3) is 0 Å². The molecule has 18 heavy (non-hydrogen) atoms. The number of phenolic OH excluding ortho intramolecular Hbond substituents is 2. The molecular weight excluding hydrogens is 234 g/mol. The number of hydrogen-bond donors (Lipinski definition) is 3. The minimum Gasteiger partial charge on any atom is -0.504 e. The fourth-order valence-corrected chi connectivity index (χ4v) is 1.37. The molecule has 0 aliphatic heterocycles. The zero-order chi connectivity index (χ0) is 13.1. The van der Waals surface area contributed by atoms with E-state index >= 15 is 0 Å². The highest BCUT2D eigenvalue weighted by atomic mass is 16.5. The molecule has 0 aliphatic carbocycles. The molecule has 0 radical (unpaired) electrons. The van der Waals surface area contributed by atoms with E-state index in [0.717, 1.165) is 6.54 Å². The van der Waals surface area contributed by atoms with Crippen molar-refractivity contribution in [2.45, 2.75) is 13.8 Å². The summed E-state index contributed by atoms with van der Waals surface area (Å²) in [5.41, 5.74) is 0.576. The highest BCUT2D eigenvalue weighted by Crippen LogP contribution is 2.29. The molecule has 0 bridgehead atoms. The third kappa shape index (κ3) is 2.71. The lowest BCUT2D eigenvalue weighted by atomic mass is 10.2. The predicted molar refractivity (Wildman–Crippen MR) is 66.4 cm³/mol. The predicted octanol–water partition coefficient (Wildman–Crippen LogP) is 2.22.